The number of carbonyl (C=O) groups is 2. The van der Waals surface area contributed by atoms with Crippen molar-refractivity contribution in [3.05, 3.63) is 53.6 Å². The molecule has 1 saturated carbocycles. The molecular weight excluding hydrogens is 356 g/mol. The first-order chi connectivity index (χ1) is 13.5. The van der Waals surface area contributed by atoms with Gasteiger partial charge in [0.25, 0.3) is 0 Å². The molecule has 146 valence electrons. The van der Waals surface area contributed by atoms with Crippen molar-refractivity contribution >= 4 is 29.3 Å². The van der Waals surface area contributed by atoms with Crippen molar-refractivity contribution in [2.24, 2.45) is 5.92 Å². The van der Waals surface area contributed by atoms with Crippen molar-refractivity contribution in [3.8, 4) is 11.5 Å². The van der Waals surface area contributed by atoms with Gasteiger partial charge in [0.2, 0.25) is 11.8 Å². The van der Waals surface area contributed by atoms with Crippen molar-refractivity contribution in [3.63, 3.8) is 0 Å². The standard InChI is InChI=1S/C22H24N2O4/c1-14-17(5-4-6-18(14)24-22(26)16-9-10-16)23-21(25)12-8-15-7-11-19(27-2)20(13-15)28-3/h4-8,11-13,16H,9-10H2,1-3H3,(H,23,25)(H,24,26)/b12-8+. The molecule has 2 aromatic carbocycles. The minimum absolute atomic E-state index is 0.0416. The van der Waals surface area contributed by atoms with Crippen LogP contribution in [0.5, 0.6) is 11.5 Å². The molecular formula is C22H24N2O4. The average Bonchev–Trinajstić information content (AvgIpc) is 3.54. The number of nitrogens with one attached hydrogen (secondary N) is 2. The van der Waals surface area contributed by atoms with Crippen LogP contribution in [-0.2, 0) is 9.59 Å². The third-order valence-corrected chi connectivity index (χ3v) is 4.63. The highest BCUT2D eigenvalue weighted by molar-refractivity contribution is 6.03. The fraction of sp³-hybridized carbons (Fsp3) is 0.273. The Morgan fingerprint density at radius 2 is 1.68 bits per heavy atom. The van der Waals surface area contributed by atoms with Crippen LogP contribution in [0, 0.1) is 12.8 Å². The van der Waals surface area contributed by atoms with E-state index in [9.17, 15) is 9.59 Å². The Morgan fingerprint density at radius 3 is 2.32 bits per heavy atom. The van der Waals surface area contributed by atoms with Gasteiger partial charge in [0.1, 0.15) is 0 Å². The van der Waals surface area contributed by atoms with Crippen molar-refractivity contribution < 1.29 is 19.1 Å². The molecule has 2 amide bonds. The van der Waals surface area contributed by atoms with Gasteiger partial charge in [-0.3, -0.25) is 9.59 Å². The number of carbonyl (C=O) groups excluding carboxylic acids is 2. The molecule has 0 unspecified atom stereocenters. The van der Waals surface area contributed by atoms with Gasteiger partial charge in [0, 0.05) is 23.4 Å². The molecule has 1 aliphatic carbocycles. The maximum atomic E-state index is 12.3. The topological polar surface area (TPSA) is 76.7 Å². The molecule has 1 fully saturated rings. The smallest absolute Gasteiger partial charge is 0.248 e. The lowest BCUT2D eigenvalue weighted by molar-refractivity contribution is -0.117. The van der Waals surface area contributed by atoms with Crippen molar-refractivity contribution in [1.29, 1.82) is 0 Å². The first kappa shape index (κ1) is 19.5. The minimum Gasteiger partial charge on any atom is -0.493 e. The van der Waals surface area contributed by atoms with E-state index in [1.54, 1.807) is 32.4 Å². The van der Waals surface area contributed by atoms with Crippen LogP contribution in [0.4, 0.5) is 11.4 Å². The lowest BCUT2D eigenvalue weighted by Gasteiger charge is -2.12. The van der Waals surface area contributed by atoms with E-state index in [0.717, 1.165) is 29.7 Å². The van der Waals surface area contributed by atoms with Crippen LogP contribution in [0.1, 0.15) is 24.0 Å². The van der Waals surface area contributed by atoms with Crippen LogP contribution in [0.3, 0.4) is 0 Å². The Morgan fingerprint density at radius 1 is 1.00 bits per heavy atom. The molecule has 2 N–H and O–H groups in total. The zero-order valence-corrected chi connectivity index (χ0v) is 16.2. The lowest BCUT2D eigenvalue weighted by atomic mass is 10.1. The normalized spacial score (nSPS) is 13.2. The fourth-order valence-corrected chi connectivity index (χ4v) is 2.79. The van der Waals surface area contributed by atoms with Crippen LogP contribution >= 0.6 is 0 Å². The quantitative estimate of drug-likeness (QED) is 0.712. The molecule has 6 heteroatoms. The third kappa shape index (κ3) is 4.71. The minimum atomic E-state index is -0.261. The van der Waals surface area contributed by atoms with Gasteiger partial charge >= 0.3 is 0 Å². The fourth-order valence-electron chi connectivity index (χ4n) is 2.79. The van der Waals surface area contributed by atoms with E-state index < -0.39 is 0 Å². The van der Waals surface area contributed by atoms with Crippen molar-refractivity contribution in [2.45, 2.75) is 19.8 Å². The summed E-state index contributed by atoms with van der Waals surface area (Å²) in [7, 11) is 3.14. The second kappa shape index (κ2) is 8.61. The summed E-state index contributed by atoms with van der Waals surface area (Å²) >= 11 is 0. The van der Waals surface area contributed by atoms with Gasteiger partial charge < -0.3 is 20.1 Å². The van der Waals surface area contributed by atoms with E-state index in [-0.39, 0.29) is 17.7 Å². The van der Waals surface area contributed by atoms with Gasteiger partial charge in [-0.2, -0.15) is 0 Å². The maximum Gasteiger partial charge on any atom is 0.248 e. The first-order valence-electron chi connectivity index (χ1n) is 9.13. The van der Waals surface area contributed by atoms with Crippen molar-refractivity contribution in [1.82, 2.24) is 0 Å². The molecule has 0 spiro atoms. The van der Waals surface area contributed by atoms with E-state index >= 15 is 0 Å². The molecule has 0 radical (unpaired) electrons. The van der Waals surface area contributed by atoms with Gasteiger partial charge in [0.05, 0.1) is 14.2 Å². The van der Waals surface area contributed by atoms with Crippen LogP contribution in [0.2, 0.25) is 0 Å². The Labute approximate surface area is 164 Å². The monoisotopic (exact) mass is 380 g/mol. The number of amides is 2. The lowest BCUT2D eigenvalue weighted by Crippen LogP contribution is -2.15. The number of methoxy groups -OCH3 is 2. The zero-order valence-electron chi connectivity index (χ0n) is 16.2. The van der Waals surface area contributed by atoms with Gasteiger partial charge in [-0.15, -0.1) is 0 Å². The highest BCUT2D eigenvalue weighted by Gasteiger charge is 2.29. The third-order valence-electron chi connectivity index (χ3n) is 4.63. The van der Waals surface area contributed by atoms with Crippen LogP contribution in [-0.4, -0.2) is 26.0 Å². The summed E-state index contributed by atoms with van der Waals surface area (Å²) in [6.07, 6.45) is 5.05. The summed E-state index contributed by atoms with van der Waals surface area (Å²) < 4.78 is 10.5. The Kier molecular flexibility index (Phi) is 5.99. The summed E-state index contributed by atoms with van der Waals surface area (Å²) in [5.41, 5.74) is 3.02. The predicted octanol–water partition coefficient (Wildman–Crippen LogP) is 4.01. The number of ether oxygens (including phenoxy) is 2. The number of anilines is 2. The van der Waals surface area contributed by atoms with Gasteiger partial charge in [0.15, 0.2) is 11.5 Å². The molecule has 0 aliphatic heterocycles. The van der Waals surface area contributed by atoms with E-state index in [2.05, 4.69) is 10.6 Å². The molecule has 0 atom stereocenters. The number of hydrogen-bond acceptors (Lipinski definition) is 4. The van der Waals surface area contributed by atoms with Crippen LogP contribution in [0.25, 0.3) is 6.08 Å². The Hall–Kier alpha value is -3.28. The molecule has 0 aromatic heterocycles. The highest BCUT2D eigenvalue weighted by atomic mass is 16.5. The number of benzene rings is 2. The molecule has 2 aromatic rings. The van der Waals surface area contributed by atoms with Crippen molar-refractivity contribution in [2.75, 3.05) is 24.9 Å². The van der Waals surface area contributed by atoms with Crippen LogP contribution in [0.15, 0.2) is 42.5 Å². The molecule has 0 bridgehead atoms. The molecule has 3 rings (SSSR count). The summed E-state index contributed by atoms with van der Waals surface area (Å²) in [5.74, 6) is 1.13. The second-order valence-corrected chi connectivity index (χ2v) is 6.68. The molecule has 1 aliphatic rings. The van der Waals surface area contributed by atoms with E-state index in [4.69, 9.17) is 9.47 Å². The highest BCUT2D eigenvalue weighted by Crippen LogP contribution is 2.32. The molecule has 0 saturated heterocycles. The zero-order chi connectivity index (χ0) is 20.1. The van der Waals surface area contributed by atoms with Gasteiger partial charge in [-0.1, -0.05) is 12.1 Å². The number of rotatable bonds is 7. The SMILES string of the molecule is COc1ccc(/C=C/C(=O)Nc2cccc(NC(=O)C3CC3)c2C)cc1OC. The molecule has 0 heterocycles. The first-order valence-corrected chi connectivity index (χ1v) is 9.13. The van der Waals surface area contributed by atoms with Gasteiger partial charge in [-0.05, 0) is 61.2 Å². The second-order valence-electron chi connectivity index (χ2n) is 6.68. The summed E-state index contributed by atoms with van der Waals surface area (Å²) in [4.78, 5) is 24.3. The van der Waals surface area contributed by atoms with E-state index in [0.29, 0.717) is 17.2 Å². The van der Waals surface area contributed by atoms with Crippen LogP contribution < -0.4 is 20.1 Å². The molecule has 6 nitrogen and oxygen atoms in total. The summed E-state index contributed by atoms with van der Waals surface area (Å²) in [6, 6.07) is 10.9. The van der Waals surface area contributed by atoms with Gasteiger partial charge in [-0.25, -0.2) is 0 Å². The van der Waals surface area contributed by atoms with E-state index in [1.165, 1.54) is 6.08 Å². The summed E-state index contributed by atoms with van der Waals surface area (Å²) in [5, 5.41) is 5.79. The largest absolute Gasteiger partial charge is 0.493 e. The Balaban J connectivity index is 1.67. The summed E-state index contributed by atoms with van der Waals surface area (Å²) in [6.45, 7) is 1.87. The average molecular weight is 380 g/mol. The predicted molar refractivity (Wildman–Crippen MR) is 110 cm³/mol. The Bertz CT molecular complexity index is 917. The van der Waals surface area contributed by atoms with E-state index in [1.807, 2.05) is 31.2 Å². The maximum absolute atomic E-state index is 12.3. The molecule has 28 heavy (non-hydrogen) atoms. The number of hydrogen-bond donors (Lipinski definition) is 2.